The normalized spacial score (nSPS) is 13.1. The van der Waals surface area contributed by atoms with Gasteiger partial charge in [-0.3, -0.25) is 0 Å². The molecule has 0 fully saturated rings. The van der Waals surface area contributed by atoms with E-state index in [0.29, 0.717) is 6.54 Å². The molecule has 2 nitrogen and oxygen atoms in total. The van der Waals surface area contributed by atoms with Gasteiger partial charge < -0.3 is 10.6 Å². The van der Waals surface area contributed by atoms with Gasteiger partial charge in [0.2, 0.25) is 0 Å². The molecule has 1 atom stereocenters. The van der Waals surface area contributed by atoms with E-state index in [1.54, 1.807) is 0 Å². The summed E-state index contributed by atoms with van der Waals surface area (Å²) in [4.78, 5) is 2.38. The van der Waals surface area contributed by atoms with Gasteiger partial charge in [0.15, 0.2) is 0 Å². The van der Waals surface area contributed by atoms with Gasteiger partial charge in [-0.1, -0.05) is 44.5 Å². The number of nitrogens with two attached hydrogens (primary N) is 1. The number of hydrogen-bond acceptors (Lipinski definition) is 2. The minimum Gasteiger partial charge on any atom is -0.326 e. The van der Waals surface area contributed by atoms with E-state index in [9.17, 15) is 0 Å². The summed E-state index contributed by atoms with van der Waals surface area (Å²) < 4.78 is 0. The van der Waals surface area contributed by atoms with Crippen molar-refractivity contribution in [2.75, 3.05) is 13.6 Å². The molecule has 0 aliphatic rings. The maximum Gasteiger partial charge on any atom is 0.0230 e. The molecule has 0 radical (unpaired) electrons. The zero-order valence-corrected chi connectivity index (χ0v) is 10.7. The third kappa shape index (κ3) is 4.33. The van der Waals surface area contributed by atoms with Gasteiger partial charge in [0.05, 0.1) is 0 Å². The van der Waals surface area contributed by atoms with Gasteiger partial charge in [-0.25, -0.2) is 0 Å². The molecule has 2 heteroatoms. The molecule has 90 valence electrons. The molecule has 0 aliphatic carbocycles. The second-order valence-electron chi connectivity index (χ2n) is 4.73. The van der Waals surface area contributed by atoms with Crippen LogP contribution in [0.25, 0.3) is 0 Å². The Morgan fingerprint density at radius 3 is 2.25 bits per heavy atom. The molecular formula is C14H24N2. The van der Waals surface area contributed by atoms with Crippen molar-refractivity contribution in [1.82, 2.24) is 4.90 Å². The fraction of sp³-hybridized carbons (Fsp3) is 0.571. The minimum absolute atomic E-state index is 0.628. The molecule has 16 heavy (non-hydrogen) atoms. The second-order valence-corrected chi connectivity index (χ2v) is 4.73. The number of hydrogen-bond donors (Lipinski definition) is 1. The van der Waals surface area contributed by atoms with Gasteiger partial charge in [-0.15, -0.1) is 0 Å². The first kappa shape index (κ1) is 13.2. The highest BCUT2D eigenvalue weighted by molar-refractivity contribution is 5.22. The van der Waals surface area contributed by atoms with Crippen LogP contribution in [-0.2, 0) is 13.1 Å². The van der Waals surface area contributed by atoms with Crippen LogP contribution in [0.3, 0.4) is 0 Å². The van der Waals surface area contributed by atoms with Crippen LogP contribution in [0, 0.1) is 5.92 Å². The number of nitrogens with zero attached hydrogens (tertiary/aromatic N) is 1. The lowest BCUT2D eigenvalue weighted by Crippen LogP contribution is -2.23. The summed E-state index contributed by atoms with van der Waals surface area (Å²) in [5.41, 5.74) is 8.14. The fourth-order valence-electron chi connectivity index (χ4n) is 1.82. The lowest BCUT2D eigenvalue weighted by atomic mass is 10.1. The Hall–Kier alpha value is -0.860. The summed E-state index contributed by atoms with van der Waals surface area (Å²) in [6.45, 7) is 7.36. The molecule has 0 aromatic heterocycles. The van der Waals surface area contributed by atoms with E-state index < -0.39 is 0 Å². The average Bonchev–Trinajstić information content (AvgIpc) is 2.29. The van der Waals surface area contributed by atoms with Gasteiger partial charge in [0.1, 0.15) is 0 Å². The molecule has 0 spiro atoms. The molecule has 2 N–H and O–H groups in total. The Balaban J connectivity index is 2.46. The number of rotatable bonds is 6. The van der Waals surface area contributed by atoms with Crippen LogP contribution < -0.4 is 5.73 Å². The Morgan fingerprint density at radius 1 is 1.19 bits per heavy atom. The van der Waals surface area contributed by atoms with Crippen LogP contribution in [0.2, 0.25) is 0 Å². The lowest BCUT2D eigenvalue weighted by molar-refractivity contribution is 0.275. The van der Waals surface area contributed by atoms with E-state index in [1.165, 1.54) is 17.5 Å². The Labute approximate surface area is 99.5 Å². The van der Waals surface area contributed by atoms with Crippen molar-refractivity contribution in [2.45, 2.75) is 33.4 Å². The summed E-state index contributed by atoms with van der Waals surface area (Å²) in [6, 6.07) is 8.59. The summed E-state index contributed by atoms with van der Waals surface area (Å²) in [5.74, 6) is 0.772. The van der Waals surface area contributed by atoms with Gasteiger partial charge in [-0.05, 0) is 24.1 Å². The van der Waals surface area contributed by atoms with Crippen molar-refractivity contribution in [3.63, 3.8) is 0 Å². The smallest absolute Gasteiger partial charge is 0.0230 e. The van der Waals surface area contributed by atoms with Crippen LogP contribution >= 0.6 is 0 Å². The minimum atomic E-state index is 0.628. The van der Waals surface area contributed by atoms with Crippen molar-refractivity contribution in [3.8, 4) is 0 Å². The van der Waals surface area contributed by atoms with Gasteiger partial charge in [0.25, 0.3) is 0 Å². The van der Waals surface area contributed by atoms with Crippen molar-refractivity contribution in [1.29, 1.82) is 0 Å². The predicted molar refractivity (Wildman–Crippen MR) is 70.1 cm³/mol. The highest BCUT2D eigenvalue weighted by Gasteiger charge is 2.04. The first-order chi connectivity index (χ1) is 7.65. The van der Waals surface area contributed by atoms with E-state index in [-0.39, 0.29) is 0 Å². The van der Waals surface area contributed by atoms with Crippen molar-refractivity contribution < 1.29 is 0 Å². The molecule has 0 heterocycles. The topological polar surface area (TPSA) is 29.3 Å². The second kappa shape index (κ2) is 6.66. The summed E-state index contributed by atoms with van der Waals surface area (Å²) in [5, 5.41) is 0. The molecule has 0 bridgehead atoms. The average molecular weight is 220 g/mol. The zero-order valence-electron chi connectivity index (χ0n) is 10.7. The van der Waals surface area contributed by atoms with Gasteiger partial charge in [-0.2, -0.15) is 0 Å². The van der Waals surface area contributed by atoms with E-state index in [1.807, 2.05) is 0 Å². The predicted octanol–water partition coefficient (Wildman–Crippen LogP) is 2.62. The van der Waals surface area contributed by atoms with Crippen molar-refractivity contribution in [2.24, 2.45) is 11.7 Å². The third-order valence-corrected chi connectivity index (χ3v) is 3.03. The van der Waals surface area contributed by atoms with E-state index >= 15 is 0 Å². The summed E-state index contributed by atoms with van der Waals surface area (Å²) in [7, 11) is 2.18. The highest BCUT2D eigenvalue weighted by Crippen LogP contribution is 2.09. The number of benzene rings is 1. The van der Waals surface area contributed by atoms with Crippen LogP contribution in [0.4, 0.5) is 0 Å². The fourth-order valence-corrected chi connectivity index (χ4v) is 1.82. The third-order valence-electron chi connectivity index (χ3n) is 3.03. The molecule has 1 aromatic carbocycles. The maximum atomic E-state index is 5.57. The first-order valence-corrected chi connectivity index (χ1v) is 6.12. The molecule has 1 aromatic rings. The van der Waals surface area contributed by atoms with Crippen LogP contribution in [0.5, 0.6) is 0 Å². The Bertz CT molecular complexity index is 292. The molecule has 1 rings (SSSR count). The van der Waals surface area contributed by atoms with E-state index in [4.69, 9.17) is 5.73 Å². The van der Waals surface area contributed by atoms with Gasteiger partial charge >= 0.3 is 0 Å². The van der Waals surface area contributed by atoms with E-state index in [0.717, 1.165) is 19.0 Å². The largest absolute Gasteiger partial charge is 0.326 e. The molecule has 1 unspecified atom stereocenters. The Kier molecular flexibility index (Phi) is 5.50. The maximum absolute atomic E-state index is 5.57. The molecule has 0 saturated heterocycles. The van der Waals surface area contributed by atoms with Gasteiger partial charge in [0, 0.05) is 19.6 Å². The molecule has 0 aliphatic heterocycles. The highest BCUT2D eigenvalue weighted by atomic mass is 15.1. The van der Waals surface area contributed by atoms with Crippen molar-refractivity contribution in [3.05, 3.63) is 35.4 Å². The standard InChI is InChI=1S/C14H24N2/c1-4-12(2)10-16(3)11-14-7-5-13(9-15)6-8-14/h5-8,12H,4,9-11,15H2,1-3H3. The monoisotopic (exact) mass is 220 g/mol. The first-order valence-electron chi connectivity index (χ1n) is 6.12. The van der Waals surface area contributed by atoms with Crippen molar-refractivity contribution >= 4 is 0 Å². The Morgan fingerprint density at radius 2 is 1.75 bits per heavy atom. The van der Waals surface area contributed by atoms with Crippen LogP contribution in [0.15, 0.2) is 24.3 Å². The SMILES string of the molecule is CCC(C)CN(C)Cc1ccc(CN)cc1. The molecular weight excluding hydrogens is 196 g/mol. The van der Waals surface area contributed by atoms with E-state index in [2.05, 4.69) is 50.1 Å². The summed E-state index contributed by atoms with van der Waals surface area (Å²) >= 11 is 0. The zero-order chi connectivity index (χ0) is 12.0. The lowest BCUT2D eigenvalue weighted by Gasteiger charge is -2.20. The molecule has 0 amide bonds. The van der Waals surface area contributed by atoms with Crippen LogP contribution in [-0.4, -0.2) is 18.5 Å². The molecule has 0 saturated carbocycles. The quantitative estimate of drug-likeness (QED) is 0.798. The summed E-state index contributed by atoms with van der Waals surface area (Å²) in [6.07, 6.45) is 1.25. The van der Waals surface area contributed by atoms with Crippen LogP contribution in [0.1, 0.15) is 31.4 Å².